The number of aryl methyl sites for hydroxylation is 1. The van der Waals surface area contributed by atoms with Crippen LogP contribution in [-0.2, 0) is 11.3 Å². The van der Waals surface area contributed by atoms with Crippen molar-refractivity contribution in [2.75, 3.05) is 0 Å². The van der Waals surface area contributed by atoms with Gasteiger partial charge in [-0.25, -0.2) is 9.48 Å². The zero-order valence-electron chi connectivity index (χ0n) is 9.72. The minimum atomic E-state index is -1.22. The fourth-order valence-corrected chi connectivity index (χ4v) is 1.60. The Morgan fingerprint density at radius 1 is 1.32 bits per heavy atom. The van der Waals surface area contributed by atoms with Crippen molar-refractivity contribution in [2.24, 2.45) is 0 Å². The van der Waals surface area contributed by atoms with Crippen molar-refractivity contribution in [3.8, 4) is 11.3 Å². The molecular weight excluding hydrogens is 252 g/mol. The minimum Gasteiger partial charge on any atom is -0.481 e. The first-order chi connectivity index (χ1) is 9.09. The Hall–Kier alpha value is -2.77. The molecule has 0 aromatic carbocycles. The third-order valence-corrected chi connectivity index (χ3v) is 2.41. The number of aliphatic carboxylic acids is 1. The van der Waals surface area contributed by atoms with E-state index in [0.717, 1.165) is 0 Å². The minimum absolute atomic E-state index is 0.0415. The van der Waals surface area contributed by atoms with Crippen LogP contribution in [0.4, 0.5) is 0 Å². The lowest BCUT2D eigenvalue weighted by Crippen LogP contribution is -2.08. The topological polar surface area (TPSA) is 118 Å². The van der Waals surface area contributed by atoms with Crippen molar-refractivity contribution in [3.05, 3.63) is 30.2 Å². The lowest BCUT2D eigenvalue weighted by atomic mass is 10.1. The van der Waals surface area contributed by atoms with Crippen LogP contribution in [0.1, 0.15) is 16.9 Å². The third kappa shape index (κ3) is 2.73. The second-order valence-corrected chi connectivity index (χ2v) is 3.70. The second-order valence-electron chi connectivity index (χ2n) is 3.70. The van der Waals surface area contributed by atoms with Crippen molar-refractivity contribution < 1.29 is 19.8 Å². The number of rotatable bonds is 5. The molecule has 2 aromatic rings. The van der Waals surface area contributed by atoms with E-state index in [1.54, 1.807) is 18.3 Å². The van der Waals surface area contributed by atoms with Crippen LogP contribution in [0, 0.1) is 0 Å². The molecule has 0 aliphatic carbocycles. The molecule has 98 valence electrons. The number of aromatic nitrogens is 4. The maximum Gasteiger partial charge on any atom is 0.358 e. The van der Waals surface area contributed by atoms with Gasteiger partial charge in [0.15, 0.2) is 5.69 Å². The highest BCUT2D eigenvalue weighted by molar-refractivity contribution is 5.92. The smallest absolute Gasteiger partial charge is 0.358 e. The highest BCUT2D eigenvalue weighted by atomic mass is 16.4. The van der Waals surface area contributed by atoms with Crippen molar-refractivity contribution in [2.45, 2.75) is 13.0 Å². The van der Waals surface area contributed by atoms with Crippen LogP contribution >= 0.6 is 0 Å². The molecule has 19 heavy (non-hydrogen) atoms. The number of aromatic carboxylic acids is 1. The largest absolute Gasteiger partial charge is 0.481 e. The van der Waals surface area contributed by atoms with Crippen LogP contribution in [0.2, 0.25) is 0 Å². The van der Waals surface area contributed by atoms with Crippen LogP contribution in [0.15, 0.2) is 24.5 Å². The van der Waals surface area contributed by atoms with Crippen molar-refractivity contribution in [1.82, 2.24) is 20.0 Å². The Labute approximate surface area is 107 Å². The molecule has 8 heteroatoms. The summed E-state index contributed by atoms with van der Waals surface area (Å²) in [5.41, 5.74) is 0.551. The normalized spacial score (nSPS) is 10.3. The Kier molecular flexibility index (Phi) is 3.51. The van der Waals surface area contributed by atoms with Gasteiger partial charge in [0, 0.05) is 18.0 Å². The molecule has 0 radical (unpaired) electrons. The predicted octanol–water partition coefficient (Wildman–Crippen LogP) is 0.513. The molecule has 2 aromatic heterocycles. The molecule has 2 N–H and O–H groups in total. The summed E-state index contributed by atoms with van der Waals surface area (Å²) in [5, 5.41) is 25.0. The molecule has 0 bridgehead atoms. The van der Waals surface area contributed by atoms with Crippen LogP contribution in [0.3, 0.4) is 0 Å². The standard InChI is InChI=1S/C11H10N4O4/c16-8(17)3-5-15-10(7-2-1-4-12-6-7)9(11(18)19)13-14-15/h1-2,4,6H,3,5H2,(H,16,17)(H,18,19). The average molecular weight is 262 g/mol. The predicted molar refractivity (Wildman–Crippen MR) is 62.5 cm³/mol. The van der Waals surface area contributed by atoms with Crippen molar-refractivity contribution >= 4 is 11.9 Å². The van der Waals surface area contributed by atoms with E-state index in [2.05, 4.69) is 15.3 Å². The molecule has 2 heterocycles. The van der Waals surface area contributed by atoms with E-state index in [4.69, 9.17) is 10.2 Å². The van der Waals surface area contributed by atoms with E-state index in [1.165, 1.54) is 10.9 Å². The SMILES string of the molecule is O=C(O)CCn1nnc(C(=O)O)c1-c1cccnc1. The van der Waals surface area contributed by atoms with Crippen molar-refractivity contribution in [1.29, 1.82) is 0 Å². The molecular formula is C11H10N4O4. The number of carboxylic acids is 2. The monoisotopic (exact) mass is 262 g/mol. The van der Waals surface area contributed by atoms with E-state index in [0.29, 0.717) is 5.56 Å². The summed E-state index contributed by atoms with van der Waals surface area (Å²) in [6.45, 7) is 0.0415. The number of hydrogen-bond donors (Lipinski definition) is 2. The molecule has 0 amide bonds. The van der Waals surface area contributed by atoms with Gasteiger partial charge in [0.2, 0.25) is 0 Å². The van der Waals surface area contributed by atoms with Crippen LogP contribution in [0.25, 0.3) is 11.3 Å². The summed E-state index contributed by atoms with van der Waals surface area (Å²) in [6.07, 6.45) is 2.85. The zero-order chi connectivity index (χ0) is 13.8. The summed E-state index contributed by atoms with van der Waals surface area (Å²) < 4.78 is 1.26. The molecule has 0 atom stereocenters. The second kappa shape index (κ2) is 5.25. The van der Waals surface area contributed by atoms with E-state index in [1.807, 2.05) is 0 Å². The number of nitrogens with zero attached hydrogens (tertiary/aromatic N) is 4. The fourth-order valence-electron chi connectivity index (χ4n) is 1.60. The Morgan fingerprint density at radius 2 is 2.11 bits per heavy atom. The van der Waals surface area contributed by atoms with Gasteiger partial charge in [-0.15, -0.1) is 5.10 Å². The van der Waals surface area contributed by atoms with Gasteiger partial charge in [0.1, 0.15) is 5.69 Å². The van der Waals surface area contributed by atoms with E-state index in [-0.39, 0.29) is 24.4 Å². The van der Waals surface area contributed by atoms with E-state index < -0.39 is 11.9 Å². The molecule has 0 fully saturated rings. The van der Waals surface area contributed by atoms with Crippen LogP contribution in [0.5, 0.6) is 0 Å². The summed E-state index contributed by atoms with van der Waals surface area (Å²) in [4.78, 5) is 25.6. The lowest BCUT2D eigenvalue weighted by molar-refractivity contribution is -0.137. The van der Waals surface area contributed by atoms with Gasteiger partial charge in [-0.05, 0) is 12.1 Å². The van der Waals surface area contributed by atoms with E-state index >= 15 is 0 Å². The quantitative estimate of drug-likeness (QED) is 0.805. The molecule has 0 saturated carbocycles. The molecule has 0 unspecified atom stereocenters. The molecule has 0 aliphatic heterocycles. The number of hydrogen-bond acceptors (Lipinski definition) is 5. The summed E-state index contributed by atoms with van der Waals surface area (Å²) >= 11 is 0. The van der Waals surface area contributed by atoms with Gasteiger partial charge in [-0.2, -0.15) is 0 Å². The highest BCUT2D eigenvalue weighted by Crippen LogP contribution is 2.21. The lowest BCUT2D eigenvalue weighted by Gasteiger charge is -2.05. The van der Waals surface area contributed by atoms with Gasteiger partial charge >= 0.3 is 11.9 Å². The maximum atomic E-state index is 11.1. The number of carboxylic acid groups (broad SMARTS) is 2. The van der Waals surface area contributed by atoms with Crippen molar-refractivity contribution in [3.63, 3.8) is 0 Å². The molecule has 0 spiro atoms. The number of carbonyl (C=O) groups is 2. The summed E-state index contributed by atoms with van der Waals surface area (Å²) in [7, 11) is 0. The average Bonchev–Trinajstić information content (AvgIpc) is 2.81. The van der Waals surface area contributed by atoms with Gasteiger partial charge < -0.3 is 10.2 Å². The maximum absolute atomic E-state index is 11.1. The molecule has 0 saturated heterocycles. The van der Waals surface area contributed by atoms with Crippen LogP contribution < -0.4 is 0 Å². The molecule has 8 nitrogen and oxygen atoms in total. The third-order valence-electron chi connectivity index (χ3n) is 2.41. The first-order valence-electron chi connectivity index (χ1n) is 5.38. The van der Waals surface area contributed by atoms with Gasteiger partial charge in [0.05, 0.1) is 13.0 Å². The summed E-state index contributed by atoms with van der Waals surface area (Å²) in [6, 6.07) is 3.31. The summed E-state index contributed by atoms with van der Waals surface area (Å²) in [5.74, 6) is -2.22. The fraction of sp³-hybridized carbons (Fsp3) is 0.182. The first kappa shape index (κ1) is 12.7. The van der Waals surface area contributed by atoms with Crippen LogP contribution in [-0.4, -0.2) is 42.1 Å². The van der Waals surface area contributed by atoms with Gasteiger partial charge in [-0.1, -0.05) is 5.21 Å². The Balaban J connectivity index is 2.45. The molecule has 2 rings (SSSR count). The van der Waals surface area contributed by atoms with Gasteiger partial charge in [-0.3, -0.25) is 9.78 Å². The Bertz CT molecular complexity index is 608. The first-order valence-corrected chi connectivity index (χ1v) is 5.38. The zero-order valence-corrected chi connectivity index (χ0v) is 9.72. The Morgan fingerprint density at radius 3 is 2.68 bits per heavy atom. The molecule has 0 aliphatic rings. The highest BCUT2D eigenvalue weighted by Gasteiger charge is 2.20. The van der Waals surface area contributed by atoms with E-state index in [9.17, 15) is 9.59 Å². The van der Waals surface area contributed by atoms with Gasteiger partial charge in [0.25, 0.3) is 0 Å². The number of pyridine rings is 1.